The Morgan fingerprint density at radius 2 is 2.00 bits per heavy atom. The molecule has 0 saturated carbocycles. The van der Waals surface area contributed by atoms with Gasteiger partial charge in [0.2, 0.25) is 0 Å². The van der Waals surface area contributed by atoms with E-state index < -0.39 is 17.3 Å². The first-order valence-electron chi connectivity index (χ1n) is 6.15. The smallest absolute Gasteiger partial charge is 0.338 e. The zero-order valence-electron chi connectivity index (χ0n) is 10.7. The van der Waals surface area contributed by atoms with Gasteiger partial charge in [0.25, 0.3) is 0 Å². The van der Waals surface area contributed by atoms with Crippen molar-refractivity contribution < 1.29 is 14.3 Å². The molecule has 2 heterocycles. The highest BCUT2D eigenvalue weighted by molar-refractivity contribution is 5.89. The molecular formula is C15H10FN3O2. The molecule has 0 aliphatic carbocycles. The Morgan fingerprint density at radius 1 is 1.14 bits per heavy atom. The molecular weight excluding hydrogens is 273 g/mol. The molecule has 6 heteroatoms. The summed E-state index contributed by atoms with van der Waals surface area (Å²) in [5.41, 5.74) is 0.996. The first kappa shape index (κ1) is 13.0. The van der Waals surface area contributed by atoms with Crippen molar-refractivity contribution >= 4 is 28.4 Å². The van der Waals surface area contributed by atoms with Gasteiger partial charge in [-0.1, -0.05) is 6.07 Å². The van der Waals surface area contributed by atoms with E-state index in [-0.39, 0.29) is 5.82 Å². The first-order valence-corrected chi connectivity index (χ1v) is 6.15. The highest BCUT2D eigenvalue weighted by atomic mass is 19.1. The number of nitrogens with one attached hydrogen (secondary N) is 1. The standard InChI is InChI=1S/C15H10FN3O2/c16-13-11(15(20)21)5-7-18-14(13)19-10-3-4-12-9(8-10)2-1-6-17-12/h1-8H,(H,18,19)(H,20,21). The van der Waals surface area contributed by atoms with E-state index >= 15 is 0 Å². The van der Waals surface area contributed by atoms with Crippen LogP contribution in [0.1, 0.15) is 10.4 Å². The maximum atomic E-state index is 14.0. The minimum absolute atomic E-state index is 0.127. The summed E-state index contributed by atoms with van der Waals surface area (Å²) in [6.45, 7) is 0. The number of carboxylic acid groups (broad SMARTS) is 1. The Hall–Kier alpha value is -3.02. The lowest BCUT2D eigenvalue weighted by Gasteiger charge is -2.08. The number of rotatable bonds is 3. The number of anilines is 2. The van der Waals surface area contributed by atoms with Crippen molar-refractivity contribution in [3.63, 3.8) is 0 Å². The number of nitrogens with zero attached hydrogens (tertiary/aromatic N) is 2. The molecule has 5 nitrogen and oxygen atoms in total. The largest absolute Gasteiger partial charge is 0.478 e. The highest BCUT2D eigenvalue weighted by Gasteiger charge is 2.15. The SMILES string of the molecule is O=C(O)c1ccnc(Nc2ccc3ncccc3c2)c1F. The lowest BCUT2D eigenvalue weighted by atomic mass is 10.2. The number of aromatic carboxylic acids is 1. The summed E-state index contributed by atoms with van der Waals surface area (Å²) < 4.78 is 14.0. The topological polar surface area (TPSA) is 75.1 Å². The molecule has 0 bridgehead atoms. The van der Waals surface area contributed by atoms with Gasteiger partial charge in [0.05, 0.1) is 5.52 Å². The molecule has 0 spiro atoms. The lowest BCUT2D eigenvalue weighted by Crippen LogP contribution is -2.05. The van der Waals surface area contributed by atoms with Crippen molar-refractivity contribution in [2.45, 2.75) is 0 Å². The molecule has 0 aliphatic heterocycles. The van der Waals surface area contributed by atoms with Crippen LogP contribution in [0.25, 0.3) is 10.9 Å². The van der Waals surface area contributed by atoms with E-state index in [9.17, 15) is 9.18 Å². The van der Waals surface area contributed by atoms with Gasteiger partial charge in [0.15, 0.2) is 11.6 Å². The molecule has 2 N–H and O–H groups in total. The molecule has 21 heavy (non-hydrogen) atoms. The lowest BCUT2D eigenvalue weighted by molar-refractivity contribution is 0.0692. The van der Waals surface area contributed by atoms with Crippen LogP contribution in [0.5, 0.6) is 0 Å². The molecule has 0 amide bonds. The van der Waals surface area contributed by atoms with E-state index in [0.29, 0.717) is 5.69 Å². The Morgan fingerprint density at radius 3 is 2.81 bits per heavy atom. The molecule has 0 saturated heterocycles. The molecule has 0 aliphatic rings. The summed E-state index contributed by atoms with van der Waals surface area (Å²) in [6, 6.07) is 10.1. The molecule has 104 valence electrons. The molecule has 0 unspecified atom stereocenters. The van der Waals surface area contributed by atoms with Gasteiger partial charge in [-0.3, -0.25) is 4.98 Å². The third-order valence-corrected chi connectivity index (χ3v) is 2.99. The van der Waals surface area contributed by atoms with E-state index in [4.69, 9.17) is 5.11 Å². The average Bonchev–Trinajstić information content (AvgIpc) is 2.49. The second-order valence-corrected chi connectivity index (χ2v) is 4.36. The van der Waals surface area contributed by atoms with Crippen LogP contribution in [0.15, 0.2) is 48.8 Å². The maximum Gasteiger partial charge on any atom is 0.338 e. The monoisotopic (exact) mass is 283 g/mol. The van der Waals surface area contributed by atoms with E-state index in [1.165, 1.54) is 6.20 Å². The Bertz CT molecular complexity index is 836. The molecule has 0 fully saturated rings. The molecule has 0 atom stereocenters. The molecule has 0 radical (unpaired) electrons. The van der Waals surface area contributed by atoms with Gasteiger partial charge < -0.3 is 10.4 Å². The first-order chi connectivity index (χ1) is 10.1. The minimum atomic E-state index is -1.33. The fourth-order valence-electron chi connectivity index (χ4n) is 1.99. The summed E-state index contributed by atoms with van der Waals surface area (Å²) in [4.78, 5) is 18.9. The minimum Gasteiger partial charge on any atom is -0.478 e. The van der Waals surface area contributed by atoms with Crippen molar-refractivity contribution in [3.05, 3.63) is 60.2 Å². The predicted molar refractivity (Wildman–Crippen MR) is 76.2 cm³/mol. The number of halogens is 1. The normalized spacial score (nSPS) is 10.5. The van der Waals surface area contributed by atoms with Gasteiger partial charge in [-0.25, -0.2) is 14.2 Å². The highest BCUT2D eigenvalue weighted by Crippen LogP contribution is 2.23. The van der Waals surface area contributed by atoms with Crippen molar-refractivity contribution in [2.24, 2.45) is 0 Å². The van der Waals surface area contributed by atoms with Crippen molar-refractivity contribution in [1.82, 2.24) is 9.97 Å². The molecule has 3 aromatic rings. The average molecular weight is 283 g/mol. The van der Waals surface area contributed by atoms with Crippen molar-refractivity contribution in [2.75, 3.05) is 5.32 Å². The van der Waals surface area contributed by atoms with Crippen LogP contribution in [-0.4, -0.2) is 21.0 Å². The van der Waals surface area contributed by atoms with Gasteiger partial charge in [-0.05, 0) is 30.3 Å². The molecule has 2 aromatic heterocycles. The Labute approximate surface area is 119 Å². The van der Waals surface area contributed by atoms with Crippen LogP contribution >= 0.6 is 0 Å². The fraction of sp³-hybridized carbons (Fsp3) is 0. The van der Waals surface area contributed by atoms with Crippen LogP contribution in [-0.2, 0) is 0 Å². The van der Waals surface area contributed by atoms with Crippen molar-refractivity contribution in [1.29, 1.82) is 0 Å². The number of carboxylic acids is 1. The van der Waals surface area contributed by atoms with Crippen molar-refractivity contribution in [3.8, 4) is 0 Å². The summed E-state index contributed by atoms with van der Waals surface area (Å²) in [5.74, 6) is -2.35. The maximum absolute atomic E-state index is 14.0. The van der Waals surface area contributed by atoms with Crippen LogP contribution in [0.3, 0.4) is 0 Å². The van der Waals surface area contributed by atoms with Crippen LogP contribution < -0.4 is 5.32 Å². The van der Waals surface area contributed by atoms with Gasteiger partial charge >= 0.3 is 5.97 Å². The number of carbonyl (C=O) groups is 1. The summed E-state index contributed by atoms with van der Waals surface area (Å²) >= 11 is 0. The zero-order chi connectivity index (χ0) is 14.8. The van der Waals surface area contributed by atoms with E-state index in [1.54, 1.807) is 30.5 Å². The quantitative estimate of drug-likeness (QED) is 0.772. The molecule has 3 rings (SSSR count). The number of aromatic nitrogens is 2. The zero-order valence-corrected chi connectivity index (χ0v) is 10.7. The van der Waals surface area contributed by atoms with E-state index in [1.807, 2.05) is 6.07 Å². The summed E-state index contributed by atoms with van der Waals surface area (Å²) in [5, 5.41) is 12.6. The second-order valence-electron chi connectivity index (χ2n) is 4.36. The third kappa shape index (κ3) is 2.51. The number of pyridine rings is 2. The Kier molecular flexibility index (Phi) is 3.19. The summed E-state index contributed by atoms with van der Waals surface area (Å²) in [6.07, 6.45) is 2.93. The number of hydrogen-bond donors (Lipinski definition) is 2. The van der Waals surface area contributed by atoms with Crippen LogP contribution in [0.4, 0.5) is 15.9 Å². The van der Waals surface area contributed by atoms with Crippen LogP contribution in [0.2, 0.25) is 0 Å². The van der Waals surface area contributed by atoms with Gasteiger partial charge in [-0.15, -0.1) is 0 Å². The number of benzene rings is 1. The van der Waals surface area contributed by atoms with Gasteiger partial charge in [0.1, 0.15) is 5.56 Å². The molecule has 1 aromatic carbocycles. The third-order valence-electron chi connectivity index (χ3n) is 2.99. The second kappa shape index (κ2) is 5.16. The predicted octanol–water partition coefficient (Wildman–Crippen LogP) is 3.21. The fourth-order valence-corrected chi connectivity index (χ4v) is 1.99. The number of fused-ring (bicyclic) bond motifs is 1. The Balaban J connectivity index is 1.98. The van der Waals surface area contributed by atoms with Gasteiger partial charge in [0, 0.05) is 23.5 Å². The van der Waals surface area contributed by atoms with Crippen LogP contribution in [0, 0.1) is 5.82 Å². The van der Waals surface area contributed by atoms with E-state index in [2.05, 4.69) is 15.3 Å². The van der Waals surface area contributed by atoms with Gasteiger partial charge in [-0.2, -0.15) is 0 Å². The number of hydrogen-bond acceptors (Lipinski definition) is 4. The summed E-state index contributed by atoms with van der Waals surface area (Å²) in [7, 11) is 0. The van der Waals surface area contributed by atoms with E-state index in [0.717, 1.165) is 17.0 Å².